The normalized spacial score (nSPS) is 21.7. The van der Waals surface area contributed by atoms with Crippen molar-refractivity contribution in [1.29, 1.82) is 0 Å². The number of hydrogen-bond acceptors (Lipinski definition) is 5. The largest absolute Gasteiger partial charge is 0.505 e. The van der Waals surface area contributed by atoms with E-state index in [2.05, 4.69) is 10.3 Å². The minimum Gasteiger partial charge on any atom is -0.505 e. The maximum absolute atomic E-state index is 11.7. The number of nitrogens with one attached hydrogen (secondary N) is 1. The standard InChI is InChI=1S/C11H14N2O4S/c14-9-4-1-5-12-10(9)11(15)13-7-8-3-2-6-18(8,16)17/h1,4-5,8,14H,2-3,6-7H2,(H,13,15). The van der Waals surface area contributed by atoms with E-state index < -0.39 is 21.0 Å². The Bertz CT molecular complexity index is 556. The first-order valence-electron chi connectivity index (χ1n) is 5.64. The molecule has 18 heavy (non-hydrogen) atoms. The molecule has 1 fully saturated rings. The highest BCUT2D eigenvalue weighted by Gasteiger charge is 2.31. The molecule has 7 heteroatoms. The summed E-state index contributed by atoms with van der Waals surface area (Å²) in [5.41, 5.74) is -0.0899. The van der Waals surface area contributed by atoms with Crippen LogP contribution in [0.3, 0.4) is 0 Å². The van der Waals surface area contributed by atoms with Crippen molar-refractivity contribution in [2.45, 2.75) is 18.1 Å². The highest BCUT2D eigenvalue weighted by atomic mass is 32.2. The zero-order valence-electron chi connectivity index (χ0n) is 9.67. The van der Waals surface area contributed by atoms with Crippen molar-refractivity contribution in [1.82, 2.24) is 10.3 Å². The molecule has 1 aromatic heterocycles. The molecule has 0 aliphatic carbocycles. The van der Waals surface area contributed by atoms with E-state index >= 15 is 0 Å². The number of nitrogens with zero attached hydrogens (tertiary/aromatic N) is 1. The van der Waals surface area contributed by atoms with E-state index in [1.807, 2.05) is 0 Å². The third-order valence-electron chi connectivity index (χ3n) is 2.95. The predicted molar refractivity (Wildman–Crippen MR) is 65.0 cm³/mol. The molecule has 98 valence electrons. The Morgan fingerprint density at radius 3 is 2.94 bits per heavy atom. The molecule has 0 bridgehead atoms. The molecule has 1 aliphatic rings. The zero-order valence-corrected chi connectivity index (χ0v) is 10.5. The first-order chi connectivity index (χ1) is 8.50. The number of carbonyl (C=O) groups excluding carboxylic acids is 1. The van der Waals surface area contributed by atoms with E-state index in [9.17, 15) is 18.3 Å². The third-order valence-corrected chi connectivity index (χ3v) is 5.23. The SMILES string of the molecule is O=C(NCC1CCCS1(=O)=O)c1ncccc1O. The van der Waals surface area contributed by atoms with E-state index in [1.165, 1.54) is 18.3 Å². The Kier molecular flexibility index (Phi) is 3.51. The van der Waals surface area contributed by atoms with E-state index in [1.54, 1.807) is 0 Å². The minimum atomic E-state index is -3.07. The summed E-state index contributed by atoms with van der Waals surface area (Å²) in [6.07, 6.45) is 2.59. The molecule has 1 aromatic rings. The average Bonchev–Trinajstić information content (AvgIpc) is 2.66. The van der Waals surface area contributed by atoms with Crippen LogP contribution in [0.1, 0.15) is 23.3 Å². The van der Waals surface area contributed by atoms with Gasteiger partial charge in [0.25, 0.3) is 5.91 Å². The first kappa shape index (κ1) is 12.8. The van der Waals surface area contributed by atoms with Crippen molar-refractivity contribution in [3.63, 3.8) is 0 Å². The summed E-state index contributed by atoms with van der Waals surface area (Å²) in [5.74, 6) is -0.595. The van der Waals surface area contributed by atoms with Gasteiger partial charge in [0.2, 0.25) is 0 Å². The van der Waals surface area contributed by atoms with Gasteiger partial charge < -0.3 is 10.4 Å². The van der Waals surface area contributed by atoms with Gasteiger partial charge in [0.05, 0.1) is 11.0 Å². The number of amides is 1. The Morgan fingerprint density at radius 2 is 2.33 bits per heavy atom. The van der Waals surface area contributed by atoms with Gasteiger partial charge in [0.1, 0.15) is 5.75 Å². The lowest BCUT2D eigenvalue weighted by molar-refractivity contribution is 0.0945. The Hall–Kier alpha value is -1.63. The topological polar surface area (TPSA) is 96.4 Å². The van der Waals surface area contributed by atoms with Gasteiger partial charge in [0, 0.05) is 12.7 Å². The second-order valence-corrected chi connectivity index (χ2v) is 6.61. The van der Waals surface area contributed by atoms with Gasteiger partial charge >= 0.3 is 0 Å². The molecule has 1 aliphatic heterocycles. The molecule has 0 saturated carbocycles. The molecule has 2 rings (SSSR count). The van der Waals surface area contributed by atoms with Crippen LogP contribution < -0.4 is 5.32 Å². The first-order valence-corrected chi connectivity index (χ1v) is 7.36. The molecule has 1 atom stereocenters. The molecule has 0 spiro atoms. The van der Waals surface area contributed by atoms with Gasteiger partial charge in [-0.3, -0.25) is 4.79 Å². The molecule has 1 amide bonds. The number of hydrogen-bond donors (Lipinski definition) is 2. The smallest absolute Gasteiger partial charge is 0.273 e. The maximum Gasteiger partial charge on any atom is 0.273 e. The molecular weight excluding hydrogens is 256 g/mol. The Morgan fingerprint density at radius 1 is 1.56 bits per heavy atom. The van der Waals surface area contributed by atoms with Gasteiger partial charge in [-0.15, -0.1) is 0 Å². The Labute approximate surface area is 105 Å². The van der Waals surface area contributed by atoms with E-state index in [-0.39, 0.29) is 23.7 Å². The number of rotatable bonds is 3. The van der Waals surface area contributed by atoms with Crippen molar-refractivity contribution in [2.24, 2.45) is 0 Å². The lowest BCUT2D eigenvalue weighted by atomic mass is 10.2. The van der Waals surface area contributed by atoms with Gasteiger partial charge in [0.15, 0.2) is 15.5 Å². The van der Waals surface area contributed by atoms with Gasteiger partial charge in [-0.1, -0.05) is 0 Å². The second kappa shape index (κ2) is 4.93. The second-order valence-electron chi connectivity index (χ2n) is 4.21. The van der Waals surface area contributed by atoms with Gasteiger partial charge in [-0.05, 0) is 25.0 Å². The van der Waals surface area contributed by atoms with E-state index in [4.69, 9.17) is 0 Å². The minimum absolute atomic E-state index is 0.0666. The average molecular weight is 270 g/mol. The number of sulfone groups is 1. The lowest BCUT2D eigenvalue weighted by Crippen LogP contribution is -2.35. The summed E-state index contributed by atoms with van der Waals surface area (Å²) in [5, 5.41) is 11.4. The van der Waals surface area contributed by atoms with Gasteiger partial charge in [-0.2, -0.15) is 0 Å². The van der Waals surface area contributed by atoms with Crippen LogP contribution in [0, 0.1) is 0 Å². The van der Waals surface area contributed by atoms with Crippen LogP contribution in [0.4, 0.5) is 0 Å². The molecule has 2 N–H and O–H groups in total. The number of aromatic hydroxyl groups is 1. The molecule has 2 heterocycles. The highest BCUT2D eigenvalue weighted by Crippen LogP contribution is 2.19. The van der Waals surface area contributed by atoms with Crippen LogP contribution >= 0.6 is 0 Å². The van der Waals surface area contributed by atoms with Crippen LogP contribution in [0.25, 0.3) is 0 Å². The molecule has 1 saturated heterocycles. The number of carbonyl (C=O) groups is 1. The van der Waals surface area contributed by atoms with Crippen LogP contribution in [0.15, 0.2) is 18.3 Å². The molecule has 0 radical (unpaired) electrons. The summed E-state index contributed by atoms with van der Waals surface area (Å²) >= 11 is 0. The van der Waals surface area contributed by atoms with Crippen LogP contribution in [0.5, 0.6) is 5.75 Å². The lowest BCUT2D eigenvalue weighted by Gasteiger charge is -2.10. The number of aromatic nitrogens is 1. The third kappa shape index (κ3) is 2.61. The van der Waals surface area contributed by atoms with Crippen molar-refractivity contribution >= 4 is 15.7 Å². The van der Waals surface area contributed by atoms with E-state index in [0.29, 0.717) is 12.8 Å². The van der Waals surface area contributed by atoms with Crippen molar-refractivity contribution < 1.29 is 18.3 Å². The van der Waals surface area contributed by atoms with Crippen molar-refractivity contribution in [2.75, 3.05) is 12.3 Å². The zero-order chi connectivity index (χ0) is 13.2. The summed E-state index contributed by atoms with van der Waals surface area (Å²) in [7, 11) is -3.07. The molecular formula is C11H14N2O4S. The summed E-state index contributed by atoms with van der Waals surface area (Å²) in [6.45, 7) is 0.0666. The summed E-state index contributed by atoms with van der Waals surface area (Å²) < 4.78 is 23.1. The summed E-state index contributed by atoms with van der Waals surface area (Å²) in [4.78, 5) is 15.5. The fourth-order valence-electron chi connectivity index (χ4n) is 1.95. The Balaban J connectivity index is 1.99. The molecule has 0 aromatic carbocycles. The fraction of sp³-hybridized carbons (Fsp3) is 0.455. The van der Waals surface area contributed by atoms with Crippen LogP contribution in [-0.4, -0.2) is 42.0 Å². The van der Waals surface area contributed by atoms with Crippen LogP contribution in [-0.2, 0) is 9.84 Å². The van der Waals surface area contributed by atoms with Crippen LogP contribution in [0.2, 0.25) is 0 Å². The quantitative estimate of drug-likeness (QED) is 0.811. The fourth-order valence-corrected chi connectivity index (χ4v) is 3.71. The molecule has 6 nitrogen and oxygen atoms in total. The van der Waals surface area contributed by atoms with Gasteiger partial charge in [-0.25, -0.2) is 13.4 Å². The summed E-state index contributed by atoms with van der Waals surface area (Å²) in [6, 6.07) is 2.86. The number of pyridine rings is 1. The predicted octanol–water partition coefficient (Wildman–Crippen LogP) is 0.0942. The molecule has 1 unspecified atom stereocenters. The van der Waals surface area contributed by atoms with E-state index in [0.717, 1.165) is 0 Å². The maximum atomic E-state index is 11.7. The highest BCUT2D eigenvalue weighted by molar-refractivity contribution is 7.92. The van der Waals surface area contributed by atoms with Crippen molar-refractivity contribution in [3.05, 3.63) is 24.0 Å². The monoisotopic (exact) mass is 270 g/mol. The van der Waals surface area contributed by atoms with Crippen molar-refractivity contribution in [3.8, 4) is 5.75 Å².